The van der Waals surface area contributed by atoms with Crippen LogP contribution in [0, 0.1) is 11.3 Å². The smallest absolute Gasteiger partial charge is 0.257 e. The Balaban J connectivity index is 1.39. The van der Waals surface area contributed by atoms with Gasteiger partial charge in [0.15, 0.2) is 0 Å². The number of aromatic nitrogens is 4. The molecule has 0 fully saturated rings. The predicted molar refractivity (Wildman–Crippen MR) is 113 cm³/mol. The summed E-state index contributed by atoms with van der Waals surface area (Å²) in [7, 11) is 0. The summed E-state index contributed by atoms with van der Waals surface area (Å²) < 4.78 is 0. The normalized spacial score (nSPS) is 13.8. The number of pyridine rings is 1. The zero-order valence-corrected chi connectivity index (χ0v) is 16.1. The number of hydrogen-bond acceptors (Lipinski definition) is 4. The number of hydrogen-bond donors (Lipinski definition) is 2. The Morgan fingerprint density at radius 2 is 2.17 bits per heavy atom. The maximum atomic E-state index is 13.2. The molecule has 7 heteroatoms. The van der Waals surface area contributed by atoms with Crippen molar-refractivity contribution < 1.29 is 4.79 Å². The fourth-order valence-corrected chi connectivity index (χ4v) is 3.90. The van der Waals surface area contributed by atoms with Crippen LogP contribution in [0.15, 0.2) is 61.1 Å². The monoisotopic (exact) mass is 394 g/mol. The summed E-state index contributed by atoms with van der Waals surface area (Å²) in [6.07, 6.45) is 8.18. The predicted octanol–water partition coefficient (Wildman–Crippen LogP) is 3.75. The average molecular weight is 394 g/mol. The van der Waals surface area contributed by atoms with E-state index < -0.39 is 0 Å². The lowest BCUT2D eigenvalue weighted by atomic mass is 9.99. The average Bonchev–Trinajstić information content (AvgIpc) is 3.46. The van der Waals surface area contributed by atoms with E-state index in [1.165, 1.54) is 5.57 Å². The van der Waals surface area contributed by atoms with Gasteiger partial charge in [0.25, 0.3) is 5.91 Å². The Morgan fingerprint density at radius 1 is 1.23 bits per heavy atom. The van der Waals surface area contributed by atoms with Crippen molar-refractivity contribution in [1.82, 2.24) is 25.1 Å². The van der Waals surface area contributed by atoms with Crippen molar-refractivity contribution >= 4 is 22.5 Å². The van der Waals surface area contributed by atoms with Gasteiger partial charge in [-0.2, -0.15) is 10.4 Å². The lowest BCUT2D eigenvalue weighted by Gasteiger charge is -2.26. The minimum absolute atomic E-state index is 0.0722. The summed E-state index contributed by atoms with van der Waals surface area (Å²) in [5.74, 6) is -0.0722. The number of carbonyl (C=O) groups excluding carboxylic acids is 1. The second kappa shape index (κ2) is 7.33. The molecule has 4 aromatic rings. The highest BCUT2D eigenvalue weighted by molar-refractivity contribution is 6.00. The highest BCUT2D eigenvalue weighted by atomic mass is 16.2. The molecule has 2 N–H and O–H groups in total. The van der Waals surface area contributed by atoms with Gasteiger partial charge in [0.2, 0.25) is 0 Å². The second-order valence-electron chi connectivity index (χ2n) is 7.18. The molecule has 1 aliphatic heterocycles. The Kier molecular flexibility index (Phi) is 4.37. The first-order chi connectivity index (χ1) is 14.7. The molecule has 0 radical (unpaired) electrons. The maximum absolute atomic E-state index is 13.2. The molecule has 1 aromatic carbocycles. The first-order valence-electron chi connectivity index (χ1n) is 9.69. The van der Waals surface area contributed by atoms with Gasteiger partial charge in [-0.15, -0.1) is 0 Å². The first kappa shape index (κ1) is 17.9. The van der Waals surface area contributed by atoms with Crippen molar-refractivity contribution in [1.29, 1.82) is 5.26 Å². The summed E-state index contributed by atoms with van der Waals surface area (Å²) >= 11 is 0. The van der Waals surface area contributed by atoms with E-state index in [0.29, 0.717) is 29.9 Å². The summed E-state index contributed by atoms with van der Waals surface area (Å²) in [6, 6.07) is 13.3. The number of nitrogens with one attached hydrogen (secondary N) is 2. The molecular weight excluding hydrogens is 376 g/mol. The van der Waals surface area contributed by atoms with Crippen LogP contribution < -0.4 is 0 Å². The van der Waals surface area contributed by atoms with E-state index in [1.807, 2.05) is 23.2 Å². The Hall–Kier alpha value is -4.18. The number of aromatic amines is 2. The van der Waals surface area contributed by atoms with Crippen molar-refractivity contribution in [3.8, 4) is 17.3 Å². The van der Waals surface area contributed by atoms with E-state index >= 15 is 0 Å². The number of benzene rings is 1. The number of H-pyrrole nitrogens is 2. The molecule has 146 valence electrons. The van der Waals surface area contributed by atoms with Crippen LogP contribution in [0.5, 0.6) is 0 Å². The van der Waals surface area contributed by atoms with Gasteiger partial charge in [-0.1, -0.05) is 18.2 Å². The number of nitrogens with zero attached hydrogens (tertiary/aromatic N) is 4. The summed E-state index contributed by atoms with van der Waals surface area (Å²) in [6.45, 7) is 1.16. The Bertz CT molecular complexity index is 1320. The Labute approximate surface area is 172 Å². The molecule has 3 aromatic heterocycles. The molecule has 1 amide bonds. The fourth-order valence-electron chi connectivity index (χ4n) is 3.90. The van der Waals surface area contributed by atoms with Crippen LogP contribution in [-0.4, -0.2) is 44.1 Å². The third-order valence-corrected chi connectivity index (χ3v) is 5.44. The number of rotatable bonds is 3. The third kappa shape index (κ3) is 3.05. The van der Waals surface area contributed by atoms with E-state index in [4.69, 9.17) is 5.26 Å². The lowest BCUT2D eigenvalue weighted by molar-refractivity contribution is 0.0773. The molecule has 1 aliphatic rings. The zero-order chi connectivity index (χ0) is 20.5. The SMILES string of the molecule is N#Cc1cccc(-c2[nH]ncc2C(=O)N2CC=C(c3c[nH]c4ncccc34)CC2)c1. The quantitative estimate of drug-likeness (QED) is 0.552. The van der Waals surface area contributed by atoms with E-state index in [1.54, 1.807) is 30.6 Å². The molecule has 30 heavy (non-hydrogen) atoms. The van der Waals surface area contributed by atoms with Gasteiger partial charge in [0.05, 0.1) is 29.1 Å². The van der Waals surface area contributed by atoms with Crippen LogP contribution in [0.3, 0.4) is 0 Å². The van der Waals surface area contributed by atoms with Crippen molar-refractivity contribution in [2.75, 3.05) is 13.1 Å². The standard InChI is InChI=1S/C23H18N6O/c24-12-15-3-1-4-17(11-15)21-20(14-27-28-21)23(30)29-9-6-16(7-10-29)19-13-26-22-18(19)5-2-8-25-22/h1-6,8,11,13-14H,7,9-10H2,(H,25,26)(H,27,28). The maximum Gasteiger partial charge on any atom is 0.257 e. The van der Waals surface area contributed by atoms with E-state index in [0.717, 1.165) is 28.6 Å². The van der Waals surface area contributed by atoms with E-state index in [9.17, 15) is 4.79 Å². The van der Waals surface area contributed by atoms with Crippen molar-refractivity contribution in [2.24, 2.45) is 0 Å². The van der Waals surface area contributed by atoms with Gasteiger partial charge in [0.1, 0.15) is 5.65 Å². The van der Waals surface area contributed by atoms with Crippen LogP contribution in [0.2, 0.25) is 0 Å². The number of nitriles is 1. The summed E-state index contributed by atoms with van der Waals surface area (Å²) in [5, 5.41) is 17.2. The summed E-state index contributed by atoms with van der Waals surface area (Å²) in [5.41, 5.74) is 5.69. The minimum atomic E-state index is -0.0722. The molecule has 7 nitrogen and oxygen atoms in total. The molecule has 0 unspecified atom stereocenters. The number of fused-ring (bicyclic) bond motifs is 1. The van der Waals surface area contributed by atoms with Crippen molar-refractivity contribution in [3.05, 3.63) is 77.8 Å². The molecule has 0 saturated carbocycles. The molecular formula is C23H18N6O. The van der Waals surface area contributed by atoms with E-state index in [-0.39, 0.29) is 5.91 Å². The van der Waals surface area contributed by atoms with Gasteiger partial charge in [-0.25, -0.2) is 4.98 Å². The van der Waals surface area contributed by atoms with Gasteiger partial charge < -0.3 is 9.88 Å². The summed E-state index contributed by atoms with van der Waals surface area (Å²) in [4.78, 5) is 22.5. The zero-order valence-electron chi connectivity index (χ0n) is 16.1. The molecule has 0 bridgehead atoms. The van der Waals surface area contributed by atoms with Crippen molar-refractivity contribution in [3.63, 3.8) is 0 Å². The van der Waals surface area contributed by atoms with Gasteiger partial charge in [0, 0.05) is 42.0 Å². The van der Waals surface area contributed by atoms with E-state index in [2.05, 4.69) is 38.4 Å². The first-order valence-corrected chi connectivity index (χ1v) is 9.69. The largest absolute Gasteiger partial charge is 0.346 e. The number of amides is 1. The second-order valence-corrected chi connectivity index (χ2v) is 7.18. The molecule has 4 heterocycles. The van der Waals surface area contributed by atoms with Crippen LogP contribution >= 0.6 is 0 Å². The van der Waals surface area contributed by atoms with Crippen LogP contribution in [0.1, 0.15) is 27.9 Å². The Morgan fingerprint density at radius 3 is 3.00 bits per heavy atom. The highest BCUT2D eigenvalue weighted by Gasteiger charge is 2.24. The fraction of sp³-hybridized carbons (Fsp3) is 0.130. The molecule has 0 saturated heterocycles. The molecule has 0 aliphatic carbocycles. The molecule has 0 spiro atoms. The van der Waals surface area contributed by atoms with Crippen LogP contribution in [0.25, 0.3) is 27.9 Å². The van der Waals surface area contributed by atoms with Gasteiger partial charge in [-0.3, -0.25) is 9.89 Å². The lowest BCUT2D eigenvalue weighted by Crippen LogP contribution is -2.34. The van der Waals surface area contributed by atoms with Crippen LogP contribution in [-0.2, 0) is 0 Å². The molecule has 5 rings (SSSR count). The topological polar surface area (TPSA) is 101 Å². The minimum Gasteiger partial charge on any atom is -0.346 e. The van der Waals surface area contributed by atoms with Gasteiger partial charge >= 0.3 is 0 Å². The molecule has 0 atom stereocenters. The van der Waals surface area contributed by atoms with Crippen LogP contribution in [0.4, 0.5) is 0 Å². The van der Waals surface area contributed by atoms with Crippen molar-refractivity contribution in [2.45, 2.75) is 6.42 Å². The van der Waals surface area contributed by atoms with Gasteiger partial charge in [-0.05, 0) is 36.3 Å². The number of carbonyl (C=O) groups is 1. The highest BCUT2D eigenvalue weighted by Crippen LogP contribution is 2.30. The third-order valence-electron chi connectivity index (χ3n) is 5.44.